The summed E-state index contributed by atoms with van der Waals surface area (Å²) in [5, 5.41) is 17.1. The maximum atomic E-state index is 12.1. The van der Waals surface area contributed by atoms with E-state index in [9.17, 15) is 25.9 Å². The Morgan fingerprint density at radius 1 is 0.590 bits per heavy atom. The third-order valence-corrected chi connectivity index (χ3v) is 7.90. The Hall–Kier alpha value is -4.04. The molecule has 202 valence electrons. The monoisotopic (exact) mass is 567 g/mol. The second-order valence-electron chi connectivity index (χ2n) is 9.07. The molecule has 11 nitrogen and oxygen atoms in total. The number of nitrogens with zero attached hydrogens (tertiary/aromatic N) is 4. The highest BCUT2D eigenvalue weighted by Crippen LogP contribution is 2.36. The predicted octanol–water partition coefficient (Wildman–Crippen LogP) is 6.98. The molecule has 0 atom stereocenters. The van der Waals surface area contributed by atoms with Crippen LogP contribution in [0.3, 0.4) is 0 Å². The number of aryl methyl sites for hydroxylation is 4. The number of nitrogen functional groups attached to an aromatic ring is 1. The Morgan fingerprint density at radius 2 is 1.05 bits per heavy atom. The van der Waals surface area contributed by atoms with Crippen LogP contribution in [-0.4, -0.2) is 25.9 Å². The van der Waals surface area contributed by atoms with Gasteiger partial charge in [0.2, 0.25) is 0 Å². The Labute approximate surface area is 225 Å². The number of hydrogen-bond donors (Lipinski definition) is 3. The van der Waals surface area contributed by atoms with Crippen molar-refractivity contribution in [2.24, 2.45) is 20.5 Å². The number of benzene rings is 4. The lowest BCUT2D eigenvalue weighted by molar-refractivity contribution is 0.482. The highest BCUT2D eigenvalue weighted by molar-refractivity contribution is 7.86. The van der Waals surface area contributed by atoms with Gasteiger partial charge in [0.05, 0.1) is 17.1 Å². The minimum absolute atomic E-state index is 0.0122. The first-order chi connectivity index (χ1) is 18.1. The third-order valence-electron chi connectivity index (χ3n) is 6.11. The number of anilines is 1. The molecule has 0 unspecified atom stereocenters. The van der Waals surface area contributed by atoms with Crippen molar-refractivity contribution in [3.8, 4) is 0 Å². The molecule has 4 aromatic carbocycles. The van der Waals surface area contributed by atoms with Crippen LogP contribution in [0.5, 0.6) is 0 Å². The van der Waals surface area contributed by atoms with Crippen molar-refractivity contribution in [3.63, 3.8) is 0 Å². The minimum atomic E-state index is -4.75. The van der Waals surface area contributed by atoms with Crippen molar-refractivity contribution >= 4 is 59.4 Å². The molecule has 0 spiro atoms. The minimum Gasteiger partial charge on any atom is -0.399 e. The molecule has 0 aliphatic heterocycles. The number of nitrogens with two attached hydrogens (primary N) is 1. The predicted molar refractivity (Wildman–Crippen MR) is 148 cm³/mol. The normalized spacial score (nSPS) is 12.7. The van der Waals surface area contributed by atoms with Crippen LogP contribution < -0.4 is 5.73 Å². The van der Waals surface area contributed by atoms with Gasteiger partial charge in [0.15, 0.2) is 0 Å². The van der Waals surface area contributed by atoms with Crippen LogP contribution in [0, 0.1) is 27.7 Å². The molecule has 0 aromatic heterocycles. The molecule has 0 fully saturated rings. The van der Waals surface area contributed by atoms with Gasteiger partial charge in [-0.05, 0) is 97.8 Å². The molecule has 4 aromatic rings. The molecule has 0 aliphatic carbocycles. The van der Waals surface area contributed by atoms with Crippen molar-refractivity contribution in [2.45, 2.75) is 37.5 Å². The van der Waals surface area contributed by atoms with E-state index in [2.05, 4.69) is 20.5 Å². The Morgan fingerprint density at radius 3 is 1.56 bits per heavy atom. The number of rotatable bonds is 6. The van der Waals surface area contributed by atoms with Gasteiger partial charge in [0.25, 0.3) is 20.2 Å². The molecular weight excluding hydrogens is 542 g/mol. The smallest absolute Gasteiger partial charge is 0.296 e. The first-order valence-electron chi connectivity index (χ1n) is 11.5. The van der Waals surface area contributed by atoms with Crippen molar-refractivity contribution in [1.29, 1.82) is 0 Å². The standard InChI is InChI=1S/C26H25N5O6S2/c1-14-9-21(15(2)8-20(14)27)28-29-22-10-17(4)23(11-16(22)3)30-31-24-13-19-18(12-26(24)39(35,36)37)6-5-7-25(19)38(32,33)34/h5-13H,27H2,1-4H3,(H,32,33,34)(H,35,36,37). The van der Waals surface area contributed by atoms with Gasteiger partial charge in [0, 0.05) is 11.1 Å². The van der Waals surface area contributed by atoms with Crippen molar-refractivity contribution < 1.29 is 25.9 Å². The topological polar surface area (TPSA) is 184 Å². The summed E-state index contributed by atoms with van der Waals surface area (Å²) in [5.74, 6) is 0. The van der Waals surface area contributed by atoms with Gasteiger partial charge in [-0.1, -0.05) is 12.1 Å². The van der Waals surface area contributed by atoms with E-state index in [1.165, 1.54) is 18.2 Å². The summed E-state index contributed by atoms with van der Waals surface area (Å²) < 4.78 is 67.2. The number of fused-ring (bicyclic) bond motifs is 1. The molecule has 0 bridgehead atoms. The van der Waals surface area contributed by atoms with E-state index in [1.807, 2.05) is 26.0 Å². The van der Waals surface area contributed by atoms with Crippen LogP contribution in [0.2, 0.25) is 0 Å². The summed E-state index contributed by atoms with van der Waals surface area (Å²) in [6.07, 6.45) is 0. The van der Waals surface area contributed by atoms with E-state index < -0.39 is 30.0 Å². The molecule has 39 heavy (non-hydrogen) atoms. The zero-order valence-corrected chi connectivity index (χ0v) is 23.0. The SMILES string of the molecule is Cc1cc(N=Nc2cc(C)c(N=Nc3cc4c(S(=O)(=O)O)cccc4cc3S(=O)(=O)O)cc2C)c(C)cc1N. The summed E-state index contributed by atoms with van der Waals surface area (Å²) in [6, 6.07) is 13.2. The first kappa shape index (κ1) is 28.0. The molecule has 13 heteroatoms. The van der Waals surface area contributed by atoms with Gasteiger partial charge in [-0.15, -0.1) is 5.11 Å². The van der Waals surface area contributed by atoms with Crippen LogP contribution in [0.25, 0.3) is 10.8 Å². The lowest BCUT2D eigenvalue weighted by atomic mass is 10.1. The Balaban J connectivity index is 1.77. The number of azo groups is 2. The summed E-state index contributed by atoms with van der Waals surface area (Å²) in [5.41, 5.74) is 11.1. The number of hydrogen-bond acceptors (Lipinski definition) is 9. The molecule has 4 N–H and O–H groups in total. The van der Waals surface area contributed by atoms with Crippen LogP contribution in [-0.2, 0) is 20.2 Å². The van der Waals surface area contributed by atoms with Gasteiger partial charge in [-0.25, -0.2) is 0 Å². The largest absolute Gasteiger partial charge is 0.399 e. The van der Waals surface area contributed by atoms with Crippen molar-refractivity contribution in [2.75, 3.05) is 5.73 Å². The first-order valence-corrected chi connectivity index (χ1v) is 14.4. The summed E-state index contributed by atoms with van der Waals surface area (Å²) in [7, 11) is -9.37. The van der Waals surface area contributed by atoms with Crippen LogP contribution in [0.4, 0.5) is 28.4 Å². The van der Waals surface area contributed by atoms with Gasteiger partial charge in [-0.3, -0.25) is 9.11 Å². The zero-order chi connectivity index (χ0) is 28.7. The summed E-state index contributed by atoms with van der Waals surface area (Å²) in [6.45, 7) is 7.33. The van der Waals surface area contributed by atoms with Crippen LogP contribution in [0.1, 0.15) is 22.3 Å². The second kappa shape index (κ2) is 10.3. The van der Waals surface area contributed by atoms with E-state index in [-0.39, 0.29) is 16.5 Å². The lowest BCUT2D eigenvalue weighted by Crippen LogP contribution is -2.01. The Kier molecular flexibility index (Phi) is 7.36. The van der Waals surface area contributed by atoms with Crippen LogP contribution >= 0.6 is 0 Å². The third kappa shape index (κ3) is 6.01. The van der Waals surface area contributed by atoms with Crippen molar-refractivity contribution in [1.82, 2.24) is 0 Å². The second-order valence-corrected chi connectivity index (χ2v) is 11.8. The maximum absolute atomic E-state index is 12.1. The average molecular weight is 568 g/mol. The molecule has 0 saturated heterocycles. The Bertz CT molecular complexity index is 1920. The van der Waals surface area contributed by atoms with E-state index in [4.69, 9.17) is 5.73 Å². The van der Waals surface area contributed by atoms with Crippen molar-refractivity contribution in [3.05, 3.63) is 76.9 Å². The van der Waals surface area contributed by atoms with Gasteiger partial charge in [-0.2, -0.15) is 32.2 Å². The molecule has 0 aliphatic rings. The lowest BCUT2D eigenvalue weighted by Gasteiger charge is -2.09. The average Bonchev–Trinajstić information content (AvgIpc) is 2.84. The maximum Gasteiger partial charge on any atom is 0.296 e. The summed E-state index contributed by atoms with van der Waals surface area (Å²) in [4.78, 5) is -1.01. The van der Waals surface area contributed by atoms with Gasteiger partial charge in [0.1, 0.15) is 15.5 Å². The highest BCUT2D eigenvalue weighted by atomic mass is 32.2. The molecular formula is C26H25N5O6S2. The molecule has 4 rings (SSSR count). The quantitative estimate of drug-likeness (QED) is 0.127. The van der Waals surface area contributed by atoms with E-state index in [0.717, 1.165) is 23.3 Å². The van der Waals surface area contributed by atoms with Crippen LogP contribution in [0.15, 0.2) is 84.8 Å². The van der Waals surface area contributed by atoms with Gasteiger partial charge >= 0.3 is 0 Å². The van der Waals surface area contributed by atoms with Gasteiger partial charge < -0.3 is 5.73 Å². The molecule has 0 radical (unpaired) electrons. The van der Waals surface area contributed by atoms with E-state index >= 15 is 0 Å². The molecule has 0 amide bonds. The van der Waals surface area contributed by atoms with E-state index in [0.29, 0.717) is 33.9 Å². The zero-order valence-electron chi connectivity index (χ0n) is 21.4. The van der Waals surface area contributed by atoms with E-state index in [1.54, 1.807) is 26.0 Å². The fourth-order valence-electron chi connectivity index (χ4n) is 3.92. The highest BCUT2D eigenvalue weighted by Gasteiger charge is 2.21. The molecule has 0 saturated carbocycles. The fraction of sp³-hybridized carbons (Fsp3) is 0.154. The summed E-state index contributed by atoms with van der Waals surface area (Å²) >= 11 is 0. The molecule has 0 heterocycles. The fourth-order valence-corrected chi connectivity index (χ4v) is 5.27.